The maximum atomic E-state index is 13.4. The van der Waals surface area contributed by atoms with Gasteiger partial charge in [0.2, 0.25) is 11.8 Å². The van der Waals surface area contributed by atoms with Crippen molar-refractivity contribution in [2.75, 3.05) is 10.6 Å². The average Bonchev–Trinajstić information content (AvgIpc) is 2.32. The molecule has 0 aliphatic carbocycles. The third-order valence-corrected chi connectivity index (χ3v) is 2.79. The highest BCUT2D eigenvalue weighted by Gasteiger charge is 2.26. The fourth-order valence-corrected chi connectivity index (χ4v) is 1.32. The molecular weight excluding hydrogens is 249 g/mol. The predicted octanol–water partition coefficient (Wildman–Crippen LogP) is 1.85. The average molecular weight is 267 g/mol. The number of halogens is 1. The lowest BCUT2D eigenvalue weighted by molar-refractivity contribution is -0.120. The van der Waals surface area contributed by atoms with Crippen molar-refractivity contribution >= 4 is 23.2 Å². The van der Waals surface area contributed by atoms with Crippen LogP contribution in [0.1, 0.15) is 27.2 Å². The standard InChI is InChI=1S/C13H18FN3O2/c1-4-13(3,15)12(19)17-9-5-6-10(14)11(7-9)16-8(2)18/h5-7H,4,15H2,1-3H3,(H,16,18)(H,17,19). The molecule has 0 radical (unpaired) electrons. The van der Waals surface area contributed by atoms with Crippen molar-refractivity contribution in [3.63, 3.8) is 0 Å². The second-order valence-electron chi connectivity index (χ2n) is 4.60. The number of amides is 2. The molecule has 1 aromatic rings. The number of carbonyl (C=O) groups excluding carboxylic acids is 2. The van der Waals surface area contributed by atoms with Crippen LogP contribution in [0.4, 0.5) is 15.8 Å². The van der Waals surface area contributed by atoms with Gasteiger partial charge in [-0.3, -0.25) is 9.59 Å². The molecule has 0 bridgehead atoms. The lowest BCUT2D eigenvalue weighted by Gasteiger charge is -2.21. The Balaban J connectivity index is 2.91. The Hall–Kier alpha value is -1.95. The minimum Gasteiger partial charge on any atom is -0.324 e. The molecule has 0 heterocycles. The highest BCUT2D eigenvalue weighted by Crippen LogP contribution is 2.20. The van der Waals surface area contributed by atoms with Gasteiger partial charge in [0.1, 0.15) is 5.82 Å². The first kappa shape index (κ1) is 15.1. The number of nitrogens with one attached hydrogen (secondary N) is 2. The largest absolute Gasteiger partial charge is 0.324 e. The maximum absolute atomic E-state index is 13.4. The summed E-state index contributed by atoms with van der Waals surface area (Å²) in [5.41, 5.74) is 5.19. The Labute approximate surface area is 111 Å². The normalized spacial score (nSPS) is 13.5. The lowest BCUT2D eigenvalue weighted by Crippen LogP contribution is -2.47. The van der Waals surface area contributed by atoms with E-state index in [0.29, 0.717) is 12.1 Å². The minimum atomic E-state index is -0.997. The van der Waals surface area contributed by atoms with Crippen LogP contribution >= 0.6 is 0 Å². The van der Waals surface area contributed by atoms with Crippen molar-refractivity contribution in [1.82, 2.24) is 0 Å². The summed E-state index contributed by atoms with van der Waals surface area (Å²) in [5.74, 6) is -1.32. The second-order valence-corrected chi connectivity index (χ2v) is 4.60. The summed E-state index contributed by atoms with van der Waals surface area (Å²) in [6.07, 6.45) is 0.471. The first-order chi connectivity index (χ1) is 8.76. The van der Waals surface area contributed by atoms with Gasteiger partial charge in [-0.2, -0.15) is 0 Å². The van der Waals surface area contributed by atoms with Gasteiger partial charge in [-0.15, -0.1) is 0 Å². The Kier molecular flexibility index (Phi) is 4.61. The zero-order valence-corrected chi connectivity index (χ0v) is 11.2. The van der Waals surface area contributed by atoms with Gasteiger partial charge in [0.05, 0.1) is 11.2 Å². The number of rotatable bonds is 4. The summed E-state index contributed by atoms with van der Waals surface area (Å²) in [6, 6.07) is 3.92. The van der Waals surface area contributed by atoms with E-state index in [9.17, 15) is 14.0 Å². The molecule has 5 nitrogen and oxygen atoms in total. The second kappa shape index (κ2) is 5.79. The Morgan fingerprint density at radius 1 is 1.37 bits per heavy atom. The first-order valence-corrected chi connectivity index (χ1v) is 5.93. The molecule has 6 heteroatoms. The lowest BCUT2D eigenvalue weighted by atomic mass is 9.99. The molecule has 2 amide bonds. The molecule has 19 heavy (non-hydrogen) atoms. The van der Waals surface area contributed by atoms with Gasteiger partial charge in [-0.1, -0.05) is 6.92 Å². The van der Waals surface area contributed by atoms with E-state index in [4.69, 9.17) is 5.73 Å². The van der Waals surface area contributed by atoms with Crippen LogP contribution in [0.5, 0.6) is 0 Å². The molecule has 0 saturated carbocycles. The number of carbonyl (C=O) groups is 2. The van der Waals surface area contributed by atoms with E-state index in [-0.39, 0.29) is 17.5 Å². The van der Waals surface area contributed by atoms with Crippen molar-refractivity contribution < 1.29 is 14.0 Å². The monoisotopic (exact) mass is 267 g/mol. The number of nitrogens with two attached hydrogens (primary N) is 1. The summed E-state index contributed by atoms with van der Waals surface area (Å²) in [7, 11) is 0. The first-order valence-electron chi connectivity index (χ1n) is 5.93. The fourth-order valence-electron chi connectivity index (χ4n) is 1.32. The Morgan fingerprint density at radius 2 is 2.00 bits per heavy atom. The van der Waals surface area contributed by atoms with Crippen LogP contribution in [0, 0.1) is 5.82 Å². The highest BCUT2D eigenvalue weighted by atomic mass is 19.1. The molecule has 0 spiro atoms. The van der Waals surface area contributed by atoms with Gasteiger partial charge >= 0.3 is 0 Å². The van der Waals surface area contributed by atoms with Gasteiger partial charge in [0.25, 0.3) is 0 Å². The molecule has 0 aliphatic heterocycles. The highest BCUT2D eigenvalue weighted by molar-refractivity contribution is 5.98. The van der Waals surface area contributed by atoms with Crippen LogP contribution in [0.2, 0.25) is 0 Å². The number of benzene rings is 1. The molecule has 1 aromatic carbocycles. The molecule has 0 fully saturated rings. The Morgan fingerprint density at radius 3 is 2.53 bits per heavy atom. The third-order valence-electron chi connectivity index (χ3n) is 2.79. The molecule has 4 N–H and O–H groups in total. The fraction of sp³-hybridized carbons (Fsp3) is 0.385. The Bertz CT molecular complexity index is 501. The molecule has 0 aliphatic rings. The van der Waals surface area contributed by atoms with E-state index in [1.165, 1.54) is 25.1 Å². The quantitative estimate of drug-likeness (QED) is 0.778. The third kappa shape index (κ3) is 4.03. The van der Waals surface area contributed by atoms with Gasteiger partial charge < -0.3 is 16.4 Å². The van der Waals surface area contributed by atoms with E-state index >= 15 is 0 Å². The van der Waals surface area contributed by atoms with Gasteiger partial charge in [-0.25, -0.2) is 4.39 Å². The van der Waals surface area contributed by atoms with Crippen LogP contribution in [0.3, 0.4) is 0 Å². The van der Waals surface area contributed by atoms with Crippen LogP contribution in [0.15, 0.2) is 18.2 Å². The smallest absolute Gasteiger partial charge is 0.244 e. The maximum Gasteiger partial charge on any atom is 0.244 e. The summed E-state index contributed by atoms with van der Waals surface area (Å²) in [6.45, 7) is 4.69. The molecule has 1 atom stereocenters. The number of anilines is 2. The zero-order chi connectivity index (χ0) is 14.6. The van der Waals surface area contributed by atoms with E-state index < -0.39 is 11.4 Å². The summed E-state index contributed by atoms with van der Waals surface area (Å²) in [5, 5.41) is 4.94. The topological polar surface area (TPSA) is 84.2 Å². The van der Waals surface area contributed by atoms with Crippen LogP contribution in [0.25, 0.3) is 0 Å². The molecule has 1 rings (SSSR count). The summed E-state index contributed by atoms with van der Waals surface area (Å²) >= 11 is 0. The molecule has 0 saturated heterocycles. The molecule has 104 valence electrons. The van der Waals surface area contributed by atoms with Crippen LogP contribution < -0.4 is 16.4 Å². The molecule has 1 unspecified atom stereocenters. The number of hydrogen-bond acceptors (Lipinski definition) is 3. The van der Waals surface area contributed by atoms with Crippen LogP contribution in [-0.2, 0) is 9.59 Å². The van der Waals surface area contributed by atoms with Crippen LogP contribution in [-0.4, -0.2) is 17.4 Å². The van der Waals surface area contributed by atoms with E-state index in [1.54, 1.807) is 13.8 Å². The van der Waals surface area contributed by atoms with E-state index in [0.717, 1.165) is 0 Å². The van der Waals surface area contributed by atoms with Gasteiger partial charge in [0, 0.05) is 12.6 Å². The van der Waals surface area contributed by atoms with Crippen molar-refractivity contribution in [1.29, 1.82) is 0 Å². The van der Waals surface area contributed by atoms with Crippen molar-refractivity contribution in [2.45, 2.75) is 32.7 Å². The van der Waals surface area contributed by atoms with Crippen molar-refractivity contribution in [3.05, 3.63) is 24.0 Å². The summed E-state index contributed by atoms with van der Waals surface area (Å²) < 4.78 is 13.4. The zero-order valence-electron chi connectivity index (χ0n) is 11.2. The minimum absolute atomic E-state index is 0.0144. The SMILES string of the molecule is CCC(C)(N)C(=O)Nc1ccc(F)c(NC(C)=O)c1. The van der Waals surface area contributed by atoms with Crippen molar-refractivity contribution in [3.8, 4) is 0 Å². The van der Waals surface area contributed by atoms with E-state index in [1.807, 2.05) is 0 Å². The number of hydrogen-bond donors (Lipinski definition) is 3. The van der Waals surface area contributed by atoms with Gasteiger partial charge in [-0.05, 0) is 31.5 Å². The summed E-state index contributed by atoms with van der Waals surface area (Å²) in [4.78, 5) is 22.8. The molecule has 0 aromatic heterocycles. The molecular formula is C13H18FN3O2. The van der Waals surface area contributed by atoms with Gasteiger partial charge in [0.15, 0.2) is 0 Å². The predicted molar refractivity (Wildman–Crippen MR) is 72.2 cm³/mol. The van der Waals surface area contributed by atoms with E-state index in [2.05, 4.69) is 10.6 Å². The van der Waals surface area contributed by atoms with Crippen molar-refractivity contribution in [2.24, 2.45) is 5.73 Å².